The minimum Gasteiger partial charge on any atom is -0.468 e. The first-order chi connectivity index (χ1) is 8.18. The number of benzene rings is 1. The molecule has 0 spiro atoms. The Balaban J connectivity index is 0.00000324. The van der Waals surface area contributed by atoms with Crippen LogP contribution < -0.4 is 61.6 Å². The summed E-state index contributed by atoms with van der Waals surface area (Å²) in [4.78, 5) is 0. The predicted octanol–water partition coefficient (Wildman–Crippen LogP) is -0.340. The van der Waals surface area contributed by atoms with E-state index in [1.54, 1.807) is 0 Å². The molecule has 0 saturated carbocycles. The molecule has 0 saturated heterocycles. The van der Waals surface area contributed by atoms with Crippen molar-refractivity contribution in [1.82, 2.24) is 0 Å². The average molecular weight is 312 g/mol. The fourth-order valence-corrected chi connectivity index (χ4v) is 1.05. The molecule has 10 heteroatoms. The molecule has 0 N–H and O–H groups in total. The Kier molecular flexibility index (Phi) is 8.00. The molecular weight excluding hydrogens is 304 g/mol. The molecule has 1 aromatic rings. The van der Waals surface area contributed by atoms with E-state index in [9.17, 15) is 26.1 Å². The maximum Gasteiger partial charge on any atom is 1.00 e. The van der Waals surface area contributed by atoms with Crippen molar-refractivity contribution in [2.75, 3.05) is 13.4 Å². The molecule has 0 radical (unpaired) electrons. The molecule has 19 heavy (non-hydrogen) atoms. The van der Waals surface area contributed by atoms with Crippen molar-refractivity contribution in [1.29, 1.82) is 0 Å². The molecule has 0 aliphatic rings. The summed E-state index contributed by atoms with van der Waals surface area (Å²) in [5.41, 5.74) is -0.807. The summed E-state index contributed by atoms with van der Waals surface area (Å²) < 4.78 is 80.5. The van der Waals surface area contributed by atoms with E-state index in [4.69, 9.17) is 0 Å². The summed E-state index contributed by atoms with van der Waals surface area (Å²) in [7, 11) is 0. The number of ether oxygens (including phenoxy) is 2. The zero-order valence-electron chi connectivity index (χ0n) is 9.89. The molecule has 0 bridgehead atoms. The van der Waals surface area contributed by atoms with Crippen LogP contribution in [-0.4, -0.2) is 26.6 Å². The summed E-state index contributed by atoms with van der Waals surface area (Å²) in [6.45, 7) is -7.25. The molecule has 1 aromatic carbocycles. The molecule has 2 nitrogen and oxygen atoms in total. The molecule has 0 amide bonds. The Bertz CT molecular complexity index is 378. The number of alkyl halides is 3. The summed E-state index contributed by atoms with van der Waals surface area (Å²) in [6.07, 6.45) is -4.47. The van der Waals surface area contributed by atoms with Gasteiger partial charge in [-0.05, 0) is 12.1 Å². The topological polar surface area (TPSA) is 18.5 Å². The Morgan fingerprint density at radius 1 is 1.00 bits per heavy atom. The van der Waals surface area contributed by atoms with Crippen LogP contribution in [0, 0.1) is 0 Å². The second-order valence-electron chi connectivity index (χ2n) is 3.37. The van der Waals surface area contributed by atoms with Crippen LogP contribution in [0.15, 0.2) is 24.3 Å². The minimum atomic E-state index is -5.09. The summed E-state index contributed by atoms with van der Waals surface area (Å²) in [5, 5.41) is 0. The normalized spacial score (nSPS) is 11.9. The number of hydrogen-bond donors (Lipinski definition) is 0. The van der Waals surface area contributed by atoms with Gasteiger partial charge in [0.25, 0.3) is 0 Å². The van der Waals surface area contributed by atoms with E-state index >= 15 is 0 Å². The molecule has 0 aliphatic heterocycles. The van der Waals surface area contributed by atoms with Gasteiger partial charge in [-0.3, -0.25) is 0 Å². The van der Waals surface area contributed by atoms with E-state index in [0.717, 1.165) is 24.3 Å². The Morgan fingerprint density at radius 3 is 1.95 bits per heavy atom. The van der Waals surface area contributed by atoms with E-state index in [0.29, 0.717) is 0 Å². The van der Waals surface area contributed by atoms with E-state index in [2.05, 4.69) is 9.47 Å². The van der Waals surface area contributed by atoms with Crippen molar-refractivity contribution in [3.05, 3.63) is 24.3 Å². The van der Waals surface area contributed by atoms with Crippen LogP contribution in [0.5, 0.6) is 5.75 Å². The van der Waals surface area contributed by atoms with E-state index in [1.165, 1.54) is 0 Å². The SMILES string of the molecule is F[B-](F)(F)c1ccc(OCOCC(F)(F)F)cc1.[K+]. The summed E-state index contributed by atoms with van der Waals surface area (Å²) in [5.74, 6) is 0.000902. The molecular formula is C9H8BF6KO2. The van der Waals surface area contributed by atoms with Crippen LogP contribution in [0.3, 0.4) is 0 Å². The fraction of sp³-hybridized carbons (Fsp3) is 0.333. The summed E-state index contributed by atoms with van der Waals surface area (Å²) >= 11 is 0. The molecule has 0 unspecified atom stereocenters. The van der Waals surface area contributed by atoms with Crippen molar-refractivity contribution in [2.24, 2.45) is 0 Å². The maximum atomic E-state index is 12.2. The van der Waals surface area contributed by atoms with Gasteiger partial charge in [-0.1, -0.05) is 12.1 Å². The van der Waals surface area contributed by atoms with Crippen LogP contribution in [0.4, 0.5) is 26.1 Å². The van der Waals surface area contributed by atoms with Gasteiger partial charge in [0.05, 0.1) is 0 Å². The predicted molar refractivity (Wildman–Crippen MR) is 52.7 cm³/mol. The van der Waals surface area contributed by atoms with E-state index < -0.39 is 32.0 Å². The van der Waals surface area contributed by atoms with Crippen molar-refractivity contribution < 1.29 is 87.0 Å². The van der Waals surface area contributed by atoms with Crippen LogP contribution in [-0.2, 0) is 4.74 Å². The molecule has 102 valence electrons. The number of hydrogen-bond acceptors (Lipinski definition) is 2. The Morgan fingerprint density at radius 2 is 1.53 bits per heavy atom. The Hall–Kier alpha value is 0.261. The molecule has 0 aliphatic carbocycles. The molecule has 1 rings (SSSR count). The van der Waals surface area contributed by atoms with Gasteiger partial charge in [0.1, 0.15) is 12.4 Å². The van der Waals surface area contributed by atoms with Crippen LogP contribution >= 0.6 is 0 Å². The van der Waals surface area contributed by atoms with E-state index in [1.807, 2.05) is 0 Å². The van der Waals surface area contributed by atoms with E-state index in [-0.39, 0.29) is 57.1 Å². The standard InChI is InChI=1S/C9H8BF6O2.K/c11-9(12,13)5-17-6-18-8-3-1-7(2-4-8)10(14,15)16;/h1-4H,5-6H2;/q-1;+1. The first-order valence-corrected chi connectivity index (χ1v) is 4.76. The largest absolute Gasteiger partial charge is 1.00 e. The van der Waals surface area contributed by atoms with Crippen LogP contribution in [0.25, 0.3) is 0 Å². The average Bonchev–Trinajstić information content (AvgIpc) is 2.22. The van der Waals surface area contributed by atoms with Crippen LogP contribution in [0.1, 0.15) is 0 Å². The van der Waals surface area contributed by atoms with Crippen molar-refractivity contribution in [3.63, 3.8) is 0 Å². The number of halogens is 6. The summed E-state index contributed by atoms with van der Waals surface area (Å²) in [6, 6.07) is 3.61. The van der Waals surface area contributed by atoms with Gasteiger partial charge in [-0.2, -0.15) is 13.2 Å². The van der Waals surface area contributed by atoms with Gasteiger partial charge < -0.3 is 22.4 Å². The van der Waals surface area contributed by atoms with Crippen molar-refractivity contribution in [2.45, 2.75) is 6.18 Å². The fourth-order valence-electron chi connectivity index (χ4n) is 1.05. The van der Waals surface area contributed by atoms with Crippen LogP contribution in [0.2, 0.25) is 0 Å². The van der Waals surface area contributed by atoms with Gasteiger partial charge >= 0.3 is 64.5 Å². The first-order valence-electron chi connectivity index (χ1n) is 4.76. The zero-order chi connectivity index (χ0) is 13.8. The first kappa shape index (κ1) is 19.3. The third-order valence-electron chi connectivity index (χ3n) is 1.83. The van der Waals surface area contributed by atoms with Crippen molar-refractivity contribution in [3.8, 4) is 5.75 Å². The maximum absolute atomic E-state index is 12.2. The van der Waals surface area contributed by atoms with Gasteiger partial charge in [-0.25, -0.2) is 0 Å². The van der Waals surface area contributed by atoms with Gasteiger partial charge in [0, 0.05) is 0 Å². The zero-order valence-corrected chi connectivity index (χ0v) is 13.0. The molecule has 0 fully saturated rings. The quantitative estimate of drug-likeness (QED) is 0.321. The molecule has 0 atom stereocenters. The third-order valence-corrected chi connectivity index (χ3v) is 1.83. The molecule has 0 heterocycles. The van der Waals surface area contributed by atoms with Gasteiger partial charge in [0.2, 0.25) is 0 Å². The van der Waals surface area contributed by atoms with Gasteiger partial charge in [0.15, 0.2) is 6.79 Å². The van der Waals surface area contributed by atoms with Gasteiger partial charge in [-0.15, -0.1) is 5.46 Å². The molecule has 0 aromatic heterocycles. The second-order valence-corrected chi connectivity index (χ2v) is 3.37. The number of rotatable bonds is 5. The smallest absolute Gasteiger partial charge is 0.468 e. The third kappa shape index (κ3) is 8.20. The monoisotopic (exact) mass is 312 g/mol. The second kappa shape index (κ2) is 7.89. The van der Waals surface area contributed by atoms with Crippen molar-refractivity contribution >= 4 is 12.4 Å². The minimum absolute atomic E-state index is 0. The Labute approximate surface area is 147 Å².